The van der Waals surface area contributed by atoms with E-state index in [1.165, 1.54) is 44.9 Å². The normalized spacial score (nSPS) is 9.67. The number of hydrogen-bond acceptors (Lipinski definition) is 1. The monoisotopic (exact) mass is 215 g/mol. The fraction of sp³-hybridized carbons (Fsp3) is 0.923. The Labute approximate surface area is 95.6 Å². The van der Waals surface area contributed by atoms with Crippen molar-refractivity contribution in [3.05, 3.63) is 0 Å². The molecule has 0 saturated carbocycles. The first kappa shape index (κ1) is 16.9. The van der Waals surface area contributed by atoms with Gasteiger partial charge in [0.2, 0.25) is 5.91 Å². The zero-order valence-electron chi connectivity index (χ0n) is 9.56. The molecular formula is C13H29NO. The molecule has 0 atom stereocenters. The molecule has 0 aliphatic rings. The molecule has 92 valence electrons. The molecule has 0 aliphatic heterocycles. The highest BCUT2D eigenvalue weighted by atomic mass is 16.1. The number of carbonyl (C=O) groups is 1. The molecule has 1 amide bonds. The Morgan fingerprint density at radius 3 is 1.67 bits per heavy atom. The molecule has 0 spiro atoms. The van der Waals surface area contributed by atoms with E-state index in [2.05, 4.69) is 6.92 Å². The van der Waals surface area contributed by atoms with Crippen molar-refractivity contribution in [1.82, 2.24) is 0 Å². The highest BCUT2D eigenvalue weighted by molar-refractivity contribution is 5.73. The van der Waals surface area contributed by atoms with E-state index in [1.54, 1.807) is 0 Å². The van der Waals surface area contributed by atoms with Gasteiger partial charge >= 0.3 is 0 Å². The Morgan fingerprint density at radius 2 is 1.27 bits per heavy atom. The lowest BCUT2D eigenvalue weighted by Crippen LogP contribution is -2.09. The highest BCUT2D eigenvalue weighted by Gasteiger charge is 1.94. The third kappa shape index (κ3) is 16.2. The van der Waals surface area contributed by atoms with E-state index in [9.17, 15) is 4.79 Å². The van der Waals surface area contributed by atoms with E-state index < -0.39 is 0 Å². The van der Waals surface area contributed by atoms with E-state index in [0.29, 0.717) is 6.42 Å². The second kappa shape index (κ2) is 13.5. The first-order chi connectivity index (χ1) is 6.77. The number of unbranched alkanes of at least 4 members (excludes halogenated alkanes) is 8. The number of amides is 1. The zero-order valence-corrected chi connectivity index (χ0v) is 9.56. The van der Waals surface area contributed by atoms with Crippen LogP contribution in [0.5, 0.6) is 0 Å². The first-order valence-corrected chi connectivity index (χ1v) is 6.05. The molecule has 0 aromatic rings. The van der Waals surface area contributed by atoms with Crippen LogP contribution >= 0.6 is 0 Å². The minimum atomic E-state index is -0.159. The van der Waals surface area contributed by atoms with Crippen LogP contribution in [0, 0.1) is 0 Å². The van der Waals surface area contributed by atoms with Crippen LogP contribution in [-0.2, 0) is 4.79 Å². The van der Waals surface area contributed by atoms with Gasteiger partial charge in [-0.25, -0.2) is 0 Å². The summed E-state index contributed by atoms with van der Waals surface area (Å²) >= 11 is 0. The number of rotatable bonds is 10. The van der Waals surface area contributed by atoms with Crippen LogP contribution in [0.2, 0.25) is 0 Å². The average molecular weight is 215 g/mol. The maximum Gasteiger partial charge on any atom is 0.217 e. The predicted octanol–water partition coefficient (Wildman–Crippen LogP) is 4.03. The van der Waals surface area contributed by atoms with Crippen LogP contribution in [0.3, 0.4) is 0 Å². The van der Waals surface area contributed by atoms with Gasteiger partial charge in [-0.3, -0.25) is 4.79 Å². The molecule has 0 unspecified atom stereocenters. The zero-order chi connectivity index (χ0) is 10.6. The van der Waals surface area contributed by atoms with Crippen molar-refractivity contribution in [3.63, 3.8) is 0 Å². The number of carbonyl (C=O) groups excluding carboxylic acids is 1. The summed E-state index contributed by atoms with van der Waals surface area (Å²) in [5.74, 6) is -0.159. The summed E-state index contributed by atoms with van der Waals surface area (Å²) in [6.45, 7) is 2.24. The largest absolute Gasteiger partial charge is 0.370 e. The van der Waals surface area contributed by atoms with Crippen molar-refractivity contribution >= 4 is 5.91 Å². The van der Waals surface area contributed by atoms with Crippen LogP contribution in [0.1, 0.15) is 78.6 Å². The summed E-state index contributed by atoms with van der Waals surface area (Å²) in [5.41, 5.74) is 5.05. The summed E-state index contributed by atoms with van der Waals surface area (Å²) < 4.78 is 0. The lowest BCUT2D eigenvalue weighted by molar-refractivity contribution is -0.118. The summed E-state index contributed by atoms with van der Waals surface area (Å²) in [6.07, 6.45) is 12.1. The van der Waals surface area contributed by atoms with Crippen molar-refractivity contribution in [2.24, 2.45) is 5.73 Å². The molecule has 15 heavy (non-hydrogen) atoms. The summed E-state index contributed by atoms with van der Waals surface area (Å²) in [4.78, 5) is 10.4. The Bertz CT molecular complexity index is 134. The fourth-order valence-electron chi connectivity index (χ4n) is 1.61. The molecule has 0 bridgehead atoms. The second-order valence-corrected chi connectivity index (χ2v) is 4.04. The van der Waals surface area contributed by atoms with Gasteiger partial charge < -0.3 is 5.73 Å². The lowest BCUT2D eigenvalue weighted by atomic mass is 10.1. The van der Waals surface area contributed by atoms with E-state index >= 15 is 0 Å². The maximum atomic E-state index is 10.4. The van der Waals surface area contributed by atoms with E-state index in [-0.39, 0.29) is 13.3 Å². The van der Waals surface area contributed by atoms with Crippen LogP contribution in [0.4, 0.5) is 0 Å². The highest BCUT2D eigenvalue weighted by Crippen LogP contribution is 2.10. The van der Waals surface area contributed by atoms with Gasteiger partial charge in [-0.1, -0.05) is 65.7 Å². The van der Waals surface area contributed by atoms with Gasteiger partial charge in [0, 0.05) is 6.42 Å². The van der Waals surface area contributed by atoms with Crippen molar-refractivity contribution < 1.29 is 4.79 Å². The quantitative estimate of drug-likeness (QED) is 0.549. The van der Waals surface area contributed by atoms with Crippen LogP contribution < -0.4 is 5.73 Å². The first-order valence-electron chi connectivity index (χ1n) is 6.05. The molecule has 0 fully saturated rings. The van der Waals surface area contributed by atoms with Gasteiger partial charge in [-0.15, -0.1) is 0 Å². The molecule has 0 rings (SSSR count). The average Bonchev–Trinajstić information content (AvgIpc) is 2.15. The summed E-state index contributed by atoms with van der Waals surface area (Å²) in [6, 6.07) is 0. The molecule has 0 aliphatic carbocycles. The predicted molar refractivity (Wildman–Crippen MR) is 67.8 cm³/mol. The van der Waals surface area contributed by atoms with Crippen LogP contribution in [0.15, 0.2) is 0 Å². The molecule has 2 heteroatoms. The van der Waals surface area contributed by atoms with Gasteiger partial charge in [0.25, 0.3) is 0 Å². The molecule has 2 N–H and O–H groups in total. The molecule has 0 aromatic heterocycles. The van der Waals surface area contributed by atoms with Gasteiger partial charge in [-0.2, -0.15) is 0 Å². The van der Waals surface area contributed by atoms with Crippen LogP contribution in [-0.4, -0.2) is 5.91 Å². The van der Waals surface area contributed by atoms with Gasteiger partial charge in [-0.05, 0) is 6.42 Å². The number of hydrogen-bond donors (Lipinski definition) is 1. The Balaban J connectivity index is 0. The second-order valence-electron chi connectivity index (χ2n) is 4.04. The molecule has 0 radical (unpaired) electrons. The standard InChI is InChI=1S/C12H25NO.CH4/c1-2-3-4-5-6-7-8-9-10-11-12(13)14;/h2-11H2,1H3,(H2,13,14);1H4. The molecular weight excluding hydrogens is 186 g/mol. The lowest BCUT2D eigenvalue weighted by Gasteiger charge is -2.00. The minimum Gasteiger partial charge on any atom is -0.370 e. The van der Waals surface area contributed by atoms with E-state index in [1.807, 2.05) is 0 Å². The maximum absolute atomic E-state index is 10.4. The number of nitrogens with two attached hydrogens (primary N) is 1. The van der Waals surface area contributed by atoms with Crippen molar-refractivity contribution in [2.75, 3.05) is 0 Å². The van der Waals surface area contributed by atoms with Crippen molar-refractivity contribution in [3.8, 4) is 0 Å². The summed E-state index contributed by atoms with van der Waals surface area (Å²) in [7, 11) is 0. The van der Waals surface area contributed by atoms with Crippen molar-refractivity contribution in [2.45, 2.75) is 78.6 Å². The third-order valence-electron chi connectivity index (χ3n) is 2.53. The molecule has 0 heterocycles. The third-order valence-corrected chi connectivity index (χ3v) is 2.53. The summed E-state index contributed by atoms with van der Waals surface area (Å²) in [5, 5.41) is 0. The van der Waals surface area contributed by atoms with Crippen molar-refractivity contribution in [1.29, 1.82) is 0 Å². The minimum absolute atomic E-state index is 0. The Hall–Kier alpha value is -0.530. The van der Waals surface area contributed by atoms with E-state index in [0.717, 1.165) is 12.8 Å². The molecule has 2 nitrogen and oxygen atoms in total. The van der Waals surface area contributed by atoms with Gasteiger partial charge in [0.15, 0.2) is 0 Å². The molecule has 0 aromatic carbocycles. The molecule has 0 saturated heterocycles. The van der Waals surface area contributed by atoms with Crippen LogP contribution in [0.25, 0.3) is 0 Å². The Morgan fingerprint density at radius 1 is 0.867 bits per heavy atom. The number of primary amides is 1. The smallest absolute Gasteiger partial charge is 0.217 e. The Kier molecular flexibility index (Phi) is 15.2. The fourth-order valence-corrected chi connectivity index (χ4v) is 1.61. The van der Waals surface area contributed by atoms with Gasteiger partial charge in [0.05, 0.1) is 0 Å². The SMILES string of the molecule is C.CCCCCCCCCCCC(N)=O. The van der Waals surface area contributed by atoms with E-state index in [4.69, 9.17) is 5.73 Å². The van der Waals surface area contributed by atoms with Gasteiger partial charge in [0.1, 0.15) is 0 Å². The topological polar surface area (TPSA) is 43.1 Å².